The second-order valence-corrected chi connectivity index (χ2v) is 4.95. The molecule has 0 fully saturated rings. The second kappa shape index (κ2) is 4.67. The van der Waals surface area contributed by atoms with Gasteiger partial charge in [-0.25, -0.2) is 4.98 Å². The van der Waals surface area contributed by atoms with Gasteiger partial charge in [-0.1, -0.05) is 19.9 Å². The molecule has 1 N–H and O–H groups in total. The molecule has 4 heteroatoms. The molecule has 17 heavy (non-hydrogen) atoms. The van der Waals surface area contributed by atoms with E-state index in [0.29, 0.717) is 23.3 Å². The quantitative estimate of drug-likeness (QED) is 0.845. The molecule has 0 spiro atoms. The fraction of sp³-hybridized carbons (Fsp3) is 0.231. The van der Waals surface area contributed by atoms with Crippen molar-refractivity contribution in [3.05, 3.63) is 34.8 Å². The standard InChI is InChI=1S/C13H13NO2S/c1-8(2)11-7-17-13(14-11)10-5-3-4-9(6-15)12(10)16/h3-8,16H,1-2H3. The molecular formula is C13H13NO2S. The van der Waals surface area contributed by atoms with Crippen LogP contribution in [0.15, 0.2) is 23.6 Å². The number of aromatic hydroxyl groups is 1. The summed E-state index contributed by atoms with van der Waals surface area (Å²) >= 11 is 1.48. The molecule has 1 aromatic carbocycles. The van der Waals surface area contributed by atoms with Crippen LogP contribution in [-0.4, -0.2) is 16.4 Å². The SMILES string of the molecule is CC(C)c1csc(-c2cccc(C=O)c2O)n1. The van der Waals surface area contributed by atoms with Crippen molar-refractivity contribution >= 4 is 17.6 Å². The summed E-state index contributed by atoms with van der Waals surface area (Å²) in [7, 11) is 0. The fourth-order valence-corrected chi connectivity index (χ4v) is 2.51. The summed E-state index contributed by atoms with van der Waals surface area (Å²) in [5, 5.41) is 12.6. The molecule has 2 aromatic rings. The molecule has 1 heterocycles. The highest BCUT2D eigenvalue weighted by molar-refractivity contribution is 7.13. The normalized spacial score (nSPS) is 10.8. The minimum atomic E-state index is 0.00663. The van der Waals surface area contributed by atoms with Crippen LogP contribution in [0.3, 0.4) is 0 Å². The van der Waals surface area contributed by atoms with Crippen molar-refractivity contribution < 1.29 is 9.90 Å². The maximum Gasteiger partial charge on any atom is 0.153 e. The fourth-order valence-electron chi connectivity index (χ4n) is 1.50. The van der Waals surface area contributed by atoms with Gasteiger partial charge >= 0.3 is 0 Å². The van der Waals surface area contributed by atoms with Crippen LogP contribution in [0, 0.1) is 0 Å². The molecule has 0 aliphatic heterocycles. The zero-order valence-corrected chi connectivity index (χ0v) is 10.5. The molecule has 0 atom stereocenters. The molecule has 0 saturated carbocycles. The third kappa shape index (κ3) is 2.22. The van der Waals surface area contributed by atoms with Gasteiger partial charge in [-0.3, -0.25) is 4.79 Å². The minimum absolute atomic E-state index is 0.00663. The molecule has 88 valence electrons. The lowest BCUT2D eigenvalue weighted by Gasteiger charge is -2.03. The van der Waals surface area contributed by atoms with E-state index >= 15 is 0 Å². The summed E-state index contributed by atoms with van der Waals surface area (Å²) in [6.45, 7) is 4.14. The maximum atomic E-state index is 10.7. The Morgan fingerprint density at radius 3 is 2.76 bits per heavy atom. The number of carbonyl (C=O) groups is 1. The van der Waals surface area contributed by atoms with Crippen molar-refractivity contribution in [3.63, 3.8) is 0 Å². The largest absolute Gasteiger partial charge is 0.506 e. The number of phenolic OH excluding ortho intramolecular Hbond substituents is 1. The predicted molar refractivity (Wildman–Crippen MR) is 68.7 cm³/mol. The Bertz CT molecular complexity index is 546. The summed E-state index contributed by atoms with van der Waals surface area (Å²) in [4.78, 5) is 15.2. The van der Waals surface area contributed by atoms with E-state index in [2.05, 4.69) is 18.8 Å². The summed E-state index contributed by atoms with van der Waals surface area (Å²) in [5.41, 5.74) is 1.91. The average Bonchev–Trinajstić information content (AvgIpc) is 2.78. The number of phenols is 1. The van der Waals surface area contributed by atoms with Crippen molar-refractivity contribution in [2.24, 2.45) is 0 Å². The van der Waals surface area contributed by atoms with Crippen LogP contribution in [0.5, 0.6) is 5.75 Å². The number of rotatable bonds is 3. The molecule has 1 aromatic heterocycles. The van der Waals surface area contributed by atoms with Crippen LogP contribution in [-0.2, 0) is 0 Å². The van der Waals surface area contributed by atoms with Crippen LogP contribution in [0.2, 0.25) is 0 Å². The molecule has 2 rings (SSSR count). The summed E-state index contributed by atoms with van der Waals surface area (Å²) < 4.78 is 0. The molecule has 0 saturated heterocycles. The first-order chi connectivity index (χ1) is 8.13. The van der Waals surface area contributed by atoms with Gasteiger partial charge in [0, 0.05) is 5.38 Å². The van der Waals surface area contributed by atoms with Gasteiger partial charge in [-0.2, -0.15) is 0 Å². The van der Waals surface area contributed by atoms with Gasteiger partial charge in [-0.15, -0.1) is 11.3 Å². The van der Waals surface area contributed by atoms with E-state index in [9.17, 15) is 9.90 Å². The first kappa shape index (κ1) is 11.8. The molecule has 0 bridgehead atoms. The Kier molecular flexibility index (Phi) is 3.24. The Morgan fingerprint density at radius 2 is 2.18 bits per heavy atom. The summed E-state index contributed by atoms with van der Waals surface area (Å²) in [6.07, 6.45) is 0.649. The Hall–Kier alpha value is -1.68. The van der Waals surface area contributed by atoms with Gasteiger partial charge in [0.2, 0.25) is 0 Å². The number of para-hydroxylation sites is 1. The lowest BCUT2D eigenvalue weighted by Crippen LogP contribution is -1.88. The van der Waals surface area contributed by atoms with Crippen LogP contribution in [0.1, 0.15) is 35.8 Å². The van der Waals surface area contributed by atoms with E-state index < -0.39 is 0 Å². The molecule has 0 aliphatic rings. The van der Waals surface area contributed by atoms with Crippen molar-refractivity contribution in [3.8, 4) is 16.3 Å². The lowest BCUT2D eigenvalue weighted by molar-refractivity contribution is 0.112. The first-order valence-corrected chi connectivity index (χ1v) is 6.24. The van der Waals surface area contributed by atoms with Crippen LogP contribution in [0.4, 0.5) is 0 Å². The highest BCUT2D eigenvalue weighted by Crippen LogP contribution is 2.34. The van der Waals surface area contributed by atoms with E-state index in [0.717, 1.165) is 10.7 Å². The van der Waals surface area contributed by atoms with Crippen molar-refractivity contribution in [1.82, 2.24) is 4.98 Å². The van der Waals surface area contributed by atoms with Gasteiger partial charge in [0.05, 0.1) is 16.8 Å². The zero-order chi connectivity index (χ0) is 12.4. The van der Waals surface area contributed by atoms with E-state index in [1.54, 1.807) is 18.2 Å². The smallest absolute Gasteiger partial charge is 0.153 e. The molecule has 0 unspecified atom stereocenters. The predicted octanol–water partition coefficient (Wildman–Crippen LogP) is 3.45. The van der Waals surface area contributed by atoms with E-state index in [1.165, 1.54) is 11.3 Å². The topological polar surface area (TPSA) is 50.2 Å². The molecule has 0 amide bonds. The number of aromatic nitrogens is 1. The maximum absolute atomic E-state index is 10.7. The number of carbonyl (C=O) groups excluding carboxylic acids is 1. The Balaban J connectivity index is 2.49. The van der Waals surface area contributed by atoms with Crippen molar-refractivity contribution in [2.45, 2.75) is 19.8 Å². The first-order valence-electron chi connectivity index (χ1n) is 5.36. The van der Waals surface area contributed by atoms with E-state index in [-0.39, 0.29) is 5.75 Å². The number of nitrogens with zero attached hydrogens (tertiary/aromatic N) is 1. The highest BCUT2D eigenvalue weighted by Gasteiger charge is 2.13. The summed E-state index contributed by atoms with van der Waals surface area (Å²) in [6, 6.07) is 5.10. The molecule has 0 aliphatic carbocycles. The second-order valence-electron chi connectivity index (χ2n) is 4.09. The third-order valence-corrected chi connectivity index (χ3v) is 3.43. The monoisotopic (exact) mass is 247 g/mol. The molecule has 3 nitrogen and oxygen atoms in total. The van der Waals surface area contributed by atoms with Crippen LogP contribution < -0.4 is 0 Å². The van der Waals surface area contributed by atoms with Gasteiger partial charge in [-0.05, 0) is 18.1 Å². The van der Waals surface area contributed by atoms with Gasteiger partial charge in [0.25, 0.3) is 0 Å². The number of hydrogen-bond acceptors (Lipinski definition) is 4. The van der Waals surface area contributed by atoms with Crippen molar-refractivity contribution in [1.29, 1.82) is 0 Å². The van der Waals surface area contributed by atoms with Crippen molar-refractivity contribution in [2.75, 3.05) is 0 Å². The summed E-state index contributed by atoms with van der Waals surface area (Å²) in [5.74, 6) is 0.364. The Morgan fingerprint density at radius 1 is 1.41 bits per heavy atom. The third-order valence-electron chi connectivity index (χ3n) is 2.54. The van der Waals surface area contributed by atoms with Crippen LogP contribution >= 0.6 is 11.3 Å². The molecule has 0 radical (unpaired) electrons. The zero-order valence-electron chi connectivity index (χ0n) is 9.68. The minimum Gasteiger partial charge on any atom is -0.506 e. The molecular weight excluding hydrogens is 234 g/mol. The Labute approximate surface area is 104 Å². The van der Waals surface area contributed by atoms with Gasteiger partial charge < -0.3 is 5.11 Å². The van der Waals surface area contributed by atoms with E-state index in [1.807, 2.05) is 5.38 Å². The number of thiazole rings is 1. The average molecular weight is 247 g/mol. The number of hydrogen-bond donors (Lipinski definition) is 1. The lowest BCUT2D eigenvalue weighted by atomic mass is 10.1. The van der Waals surface area contributed by atoms with E-state index in [4.69, 9.17) is 0 Å². The highest BCUT2D eigenvalue weighted by atomic mass is 32.1. The van der Waals surface area contributed by atoms with Gasteiger partial charge in [0.1, 0.15) is 10.8 Å². The number of benzene rings is 1. The van der Waals surface area contributed by atoms with Crippen LogP contribution in [0.25, 0.3) is 10.6 Å². The number of aldehydes is 1. The van der Waals surface area contributed by atoms with Gasteiger partial charge in [0.15, 0.2) is 6.29 Å².